The van der Waals surface area contributed by atoms with Crippen LogP contribution in [0.3, 0.4) is 0 Å². The van der Waals surface area contributed by atoms with E-state index in [0.717, 1.165) is 12.8 Å². The normalized spacial score (nSPS) is 18.8. The smallest absolute Gasteiger partial charge is 0.343 e. The fourth-order valence-corrected chi connectivity index (χ4v) is 2.75. The van der Waals surface area contributed by atoms with Gasteiger partial charge in [0.1, 0.15) is 11.3 Å². The van der Waals surface area contributed by atoms with Crippen LogP contribution in [0.15, 0.2) is 11.0 Å². The molecule has 0 aromatic carbocycles. The van der Waals surface area contributed by atoms with E-state index in [2.05, 4.69) is 0 Å². The first-order valence-electron chi connectivity index (χ1n) is 9.40. The third kappa shape index (κ3) is 5.11. The molecular formula is C19H29NO8. The van der Waals surface area contributed by atoms with E-state index in [4.69, 9.17) is 28.4 Å². The molecule has 158 valence electrons. The number of ether oxygens (including phenoxy) is 6. The van der Waals surface area contributed by atoms with Gasteiger partial charge in [-0.25, -0.2) is 4.79 Å². The van der Waals surface area contributed by atoms with Crippen molar-refractivity contribution in [3.63, 3.8) is 0 Å². The lowest BCUT2D eigenvalue weighted by molar-refractivity contribution is -0.385. The molecule has 28 heavy (non-hydrogen) atoms. The summed E-state index contributed by atoms with van der Waals surface area (Å²) in [4.78, 5) is 25.3. The summed E-state index contributed by atoms with van der Waals surface area (Å²) in [5.74, 6) is -0.704. The molecule has 0 aliphatic carbocycles. The minimum atomic E-state index is -0.787. The first-order chi connectivity index (χ1) is 13.5. The Kier molecular flexibility index (Phi) is 8.43. The van der Waals surface area contributed by atoms with Crippen LogP contribution in [0.25, 0.3) is 0 Å². The van der Waals surface area contributed by atoms with Gasteiger partial charge in [-0.1, -0.05) is 13.3 Å². The number of rotatable bonds is 11. The summed E-state index contributed by atoms with van der Waals surface area (Å²) in [6.07, 6.45) is 1.25. The summed E-state index contributed by atoms with van der Waals surface area (Å²) in [5.41, 5.74) is -0.305. The number of aromatic nitrogens is 1. The Hall–Kier alpha value is -1.94. The maximum Gasteiger partial charge on any atom is 0.343 e. The van der Waals surface area contributed by atoms with E-state index in [0.29, 0.717) is 12.3 Å². The number of hydrogen-bond acceptors (Lipinski definition) is 8. The number of unbranched alkanes of at least 4 members (excludes halogenated alkanes) is 1. The standard InChI is InChI=1S/C19H29NO8/c1-6-8-9-26-17-15(19-27-12(3)28-19)20(11-14(23-4)24-5)10-13(16(17)21)18(22)25-7-2/h10,12,14,19H,6-9,11H2,1-5H3. The molecular weight excluding hydrogens is 370 g/mol. The van der Waals surface area contributed by atoms with Crippen LogP contribution in [0.1, 0.15) is 56.0 Å². The summed E-state index contributed by atoms with van der Waals surface area (Å²) in [6.45, 7) is 6.10. The molecule has 2 rings (SSSR count). The lowest BCUT2D eigenvalue weighted by Gasteiger charge is -2.36. The minimum absolute atomic E-state index is 0.0156. The van der Waals surface area contributed by atoms with Crippen molar-refractivity contribution < 1.29 is 33.2 Å². The van der Waals surface area contributed by atoms with Gasteiger partial charge in [0, 0.05) is 20.4 Å². The predicted molar refractivity (Wildman–Crippen MR) is 99.2 cm³/mol. The van der Waals surface area contributed by atoms with Crippen LogP contribution in [0.4, 0.5) is 0 Å². The van der Waals surface area contributed by atoms with Gasteiger partial charge in [-0.15, -0.1) is 0 Å². The molecule has 0 amide bonds. The topological polar surface area (TPSA) is 94.5 Å². The highest BCUT2D eigenvalue weighted by atomic mass is 16.9. The highest BCUT2D eigenvalue weighted by Gasteiger charge is 2.36. The number of carbonyl (C=O) groups excluding carboxylic acids is 1. The molecule has 0 spiro atoms. The van der Waals surface area contributed by atoms with Crippen molar-refractivity contribution in [3.8, 4) is 5.75 Å². The van der Waals surface area contributed by atoms with Gasteiger partial charge in [-0.3, -0.25) is 4.79 Å². The van der Waals surface area contributed by atoms with E-state index in [1.54, 1.807) is 18.4 Å². The zero-order chi connectivity index (χ0) is 20.7. The molecule has 0 N–H and O–H groups in total. The summed E-state index contributed by atoms with van der Waals surface area (Å²) in [5, 5.41) is 0. The number of methoxy groups -OCH3 is 2. The van der Waals surface area contributed by atoms with Crippen molar-refractivity contribution in [1.82, 2.24) is 4.57 Å². The summed E-state index contributed by atoms with van der Waals surface area (Å²) in [7, 11) is 3.00. The fraction of sp³-hybridized carbons (Fsp3) is 0.684. The molecule has 0 radical (unpaired) electrons. The van der Waals surface area contributed by atoms with Gasteiger partial charge in [-0.2, -0.15) is 0 Å². The Morgan fingerprint density at radius 1 is 1.25 bits per heavy atom. The van der Waals surface area contributed by atoms with Gasteiger partial charge in [0.25, 0.3) is 0 Å². The van der Waals surface area contributed by atoms with Crippen LogP contribution >= 0.6 is 0 Å². The molecule has 0 atom stereocenters. The van der Waals surface area contributed by atoms with E-state index in [1.807, 2.05) is 6.92 Å². The van der Waals surface area contributed by atoms with E-state index in [1.165, 1.54) is 20.4 Å². The van der Waals surface area contributed by atoms with Gasteiger partial charge in [0.2, 0.25) is 11.7 Å². The third-order valence-corrected chi connectivity index (χ3v) is 4.24. The van der Waals surface area contributed by atoms with Crippen LogP contribution in [-0.2, 0) is 30.2 Å². The van der Waals surface area contributed by atoms with Gasteiger partial charge in [0.05, 0.1) is 19.8 Å². The summed E-state index contributed by atoms with van der Waals surface area (Å²) >= 11 is 0. The van der Waals surface area contributed by atoms with Crippen LogP contribution < -0.4 is 10.2 Å². The first kappa shape index (κ1) is 22.4. The predicted octanol–water partition coefficient (Wildman–Crippen LogP) is 2.21. The molecule has 0 saturated carbocycles. The lowest BCUT2D eigenvalue weighted by Crippen LogP contribution is -2.37. The Morgan fingerprint density at radius 3 is 2.46 bits per heavy atom. The third-order valence-electron chi connectivity index (χ3n) is 4.24. The van der Waals surface area contributed by atoms with Crippen molar-refractivity contribution in [1.29, 1.82) is 0 Å². The van der Waals surface area contributed by atoms with Gasteiger partial charge in [-0.05, 0) is 20.3 Å². The van der Waals surface area contributed by atoms with Crippen molar-refractivity contribution in [3.05, 3.63) is 27.7 Å². The molecule has 1 aliphatic rings. The maximum absolute atomic E-state index is 13.0. The number of pyridine rings is 1. The second kappa shape index (κ2) is 10.6. The molecule has 0 bridgehead atoms. The molecule has 0 unspecified atom stereocenters. The summed E-state index contributed by atoms with van der Waals surface area (Å²) < 4.78 is 34.2. The van der Waals surface area contributed by atoms with E-state index in [-0.39, 0.29) is 24.5 Å². The molecule has 9 nitrogen and oxygen atoms in total. The second-order valence-corrected chi connectivity index (χ2v) is 6.23. The van der Waals surface area contributed by atoms with Gasteiger partial charge < -0.3 is 33.0 Å². The molecule has 1 aromatic heterocycles. The zero-order valence-corrected chi connectivity index (χ0v) is 17.1. The summed E-state index contributed by atoms with van der Waals surface area (Å²) in [6, 6.07) is 0. The van der Waals surface area contributed by atoms with Crippen LogP contribution in [0.5, 0.6) is 5.75 Å². The Bertz CT molecular complexity index is 707. The Balaban J connectivity index is 2.56. The highest BCUT2D eigenvalue weighted by Crippen LogP contribution is 2.36. The second-order valence-electron chi connectivity index (χ2n) is 6.23. The molecule has 2 heterocycles. The molecule has 1 aliphatic heterocycles. The van der Waals surface area contributed by atoms with E-state index >= 15 is 0 Å². The monoisotopic (exact) mass is 399 g/mol. The SMILES string of the molecule is CCCCOc1c(C2OC(C)O2)n(CC(OC)OC)cc(C(=O)OCC)c1=O. The van der Waals surface area contributed by atoms with Gasteiger partial charge >= 0.3 is 5.97 Å². The molecule has 9 heteroatoms. The molecule has 1 saturated heterocycles. The number of hydrogen-bond donors (Lipinski definition) is 0. The maximum atomic E-state index is 13.0. The van der Waals surface area contributed by atoms with Crippen molar-refractivity contribution in [2.24, 2.45) is 0 Å². The number of esters is 1. The highest BCUT2D eigenvalue weighted by molar-refractivity contribution is 5.89. The number of nitrogens with zero attached hydrogens (tertiary/aromatic N) is 1. The molecule has 1 fully saturated rings. The van der Waals surface area contributed by atoms with Crippen LogP contribution in [-0.4, -0.2) is 50.5 Å². The average molecular weight is 399 g/mol. The van der Waals surface area contributed by atoms with E-state index in [9.17, 15) is 9.59 Å². The average Bonchev–Trinajstić information content (AvgIpc) is 2.66. The minimum Gasteiger partial charge on any atom is -0.488 e. The van der Waals surface area contributed by atoms with Crippen molar-refractivity contribution in [2.45, 2.75) is 59.0 Å². The largest absolute Gasteiger partial charge is 0.488 e. The Labute approximate surface area is 164 Å². The van der Waals surface area contributed by atoms with Crippen molar-refractivity contribution >= 4 is 5.97 Å². The Morgan fingerprint density at radius 2 is 1.93 bits per heavy atom. The zero-order valence-electron chi connectivity index (χ0n) is 17.1. The van der Waals surface area contributed by atoms with Crippen LogP contribution in [0.2, 0.25) is 0 Å². The fourth-order valence-electron chi connectivity index (χ4n) is 2.75. The number of carbonyl (C=O) groups is 1. The van der Waals surface area contributed by atoms with E-state index < -0.39 is 30.3 Å². The van der Waals surface area contributed by atoms with Crippen LogP contribution in [0, 0.1) is 0 Å². The lowest BCUT2D eigenvalue weighted by atomic mass is 10.2. The van der Waals surface area contributed by atoms with Crippen molar-refractivity contribution in [2.75, 3.05) is 27.4 Å². The van der Waals surface area contributed by atoms with Gasteiger partial charge in [0.15, 0.2) is 18.3 Å². The molecule has 1 aromatic rings. The first-order valence-corrected chi connectivity index (χ1v) is 9.40. The quantitative estimate of drug-likeness (QED) is 0.318.